The van der Waals surface area contributed by atoms with Gasteiger partial charge in [0.15, 0.2) is 0 Å². The van der Waals surface area contributed by atoms with Gasteiger partial charge in [0, 0.05) is 36.8 Å². The van der Waals surface area contributed by atoms with Gasteiger partial charge in [-0.15, -0.1) is 0 Å². The van der Waals surface area contributed by atoms with Crippen molar-refractivity contribution >= 4 is 17.5 Å². The van der Waals surface area contributed by atoms with Gasteiger partial charge in [-0.2, -0.15) is 0 Å². The van der Waals surface area contributed by atoms with Crippen molar-refractivity contribution < 1.29 is 9.53 Å². The fourth-order valence-electron chi connectivity index (χ4n) is 3.14. The largest absolute Gasteiger partial charge is 0.379 e. The lowest BCUT2D eigenvalue weighted by atomic mass is 10.0. The van der Waals surface area contributed by atoms with Crippen LogP contribution in [0.5, 0.6) is 0 Å². The van der Waals surface area contributed by atoms with E-state index in [1.165, 1.54) is 0 Å². The standard InChI is InChI=1S/C20H24ClN3O2/c21-18-3-1-2-17(12-18)19(24-8-10-26-11-9-24)14-23-20(25)16-6-4-15(13-22)5-7-16/h1-7,12,19H,8-11,13-14,22H2,(H,23,25). The predicted octanol–water partition coefficient (Wildman–Crippen LogP) is 2.60. The van der Waals surface area contributed by atoms with Crippen LogP contribution in [-0.4, -0.2) is 43.7 Å². The van der Waals surface area contributed by atoms with E-state index in [1.54, 1.807) is 12.1 Å². The minimum Gasteiger partial charge on any atom is -0.379 e. The molecule has 1 heterocycles. The highest BCUT2D eigenvalue weighted by Crippen LogP contribution is 2.24. The molecule has 1 fully saturated rings. The normalized spacial score (nSPS) is 16.2. The van der Waals surface area contributed by atoms with Crippen molar-refractivity contribution in [3.05, 3.63) is 70.2 Å². The molecule has 3 N–H and O–H groups in total. The molecule has 0 saturated carbocycles. The molecule has 1 atom stereocenters. The number of morpholine rings is 1. The third-order valence-corrected chi connectivity index (χ3v) is 4.86. The molecule has 26 heavy (non-hydrogen) atoms. The topological polar surface area (TPSA) is 67.6 Å². The number of carbonyl (C=O) groups excluding carboxylic acids is 1. The molecule has 138 valence electrons. The maximum Gasteiger partial charge on any atom is 0.251 e. The number of carbonyl (C=O) groups is 1. The molecule has 0 aromatic heterocycles. The van der Waals surface area contributed by atoms with Crippen molar-refractivity contribution in [3.63, 3.8) is 0 Å². The van der Waals surface area contributed by atoms with Crippen molar-refractivity contribution in [2.45, 2.75) is 12.6 Å². The third-order valence-electron chi connectivity index (χ3n) is 4.63. The molecule has 1 amide bonds. The second-order valence-electron chi connectivity index (χ2n) is 6.33. The first-order valence-electron chi connectivity index (χ1n) is 8.82. The number of nitrogens with one attached hydrogen (secondary N) is 1. The van der Waals surface area contributed by atoms with Crippen LogP contribution >= 0.6 is 11.6 Å². The van der Waals surface area contributed by atoms with Crippen LogP contribution in [0.4, 0.5) is 0 Å². The van der Waals surface area contributed by atoms with E-state index in [4.69, 9.17) is 22.1 Å². The molecule has 2 aromatic rings. The number of ether oxygens (including phenoxy) is 1. The lowest BCUT2D eigenvalue weighted by Crippen LogP contribution is -2.43. The van der Waals surface area contributed by atoms with Gasteiger partial charge in [-0.05, 0) is 35.4 Å². The zero-order valence-corrected chi connectivity index (χ0v) is 15.4. The first kappa shape index (κ1) is 18.9. The second-order valence-corrected chi connectivity index (χ2v) is 6.77. The van der Waals surface area contributed by atoms with Crippen molar-refractivity contribution in [3.8, 4) is 0 Å². The summed E-state index contributed by atoms with van der Waals surface area (Å²) in [5, 5.41) is 3.75. The molecule has 0 bridgehead atoms. The Bertz CT molecular complexity index is 730. The van der Waals surface area contributed by atoms with Crippen LogP contribution < -0.4 is 11.1 Å². The first-order valence-corrected chi connectivity index (χ1v) is 9.19. The fraction of sp³-hybridized carbons (Fsp3) is 0.350. The van der Waals surface area contributed by atoms with Gasteiger partial charge in [0.1, 0.15) is 0 Å². The second kappa shape index (κ2) is 9.14. The van der Waals surface area contributed by atoms with Gasteiger partial charge in [0.25, 0.3) is 5.91 Å². The van der Waals surface area contributed by atoms with Gasteiger partial charge in [-0.25, -0.2) is 0 Å². The molecule has 2 aromatic carbocycles. The molecule has 0 radical (unpaired) electrons. The zero-order chi connectivity index (χ0) is 18.4. The Labute approximate surface area is 159 Å². The lowest BCUT2D eigenvalue weighted by Gasteiger charge is -2.35. The smallest absolute Gasteiger partial charge is 0.251 e. The van der Waals surface area contributed by atoms with Gasteiger partial charge in [0.05, 0.1) is 19.3 Å². The highest BCUT2D eigenvalue weighted by Gasteiger charge is 2.23. The van der Waals surface area contributed by atoms with E-state index in [0.717, 1.165) is 24.2 Å². The molecule has 1 aliphatic heterocycles. The van der Waals surface area contributed by atoms with Crippen molar-refractivity contribution in [1.82, 2.24) is 10.2 Å². The zero-order valence-electron chi connectivity index (χ0n) is 14.7. The van der Waals surface area contributed by atoms with E-state index in [0.29, 0.717) is 36.9 Å². The van der Waals surface area contributed by atoms with E-state index < -0.39 is 0 Å². The molecule has 0 spiro atoms. The molecule has 1 aliphatic rings. The predicted molar refractivity (Wildman–Crippen MR) is 103 cm³/mol. The van der Waals surface area contributed by atoms with Crippen LogP contribution in [-0.2, 0) is 11.3 Å². The summed E-state index contributed by atoms with van der Waals surface area (Å²) in [5.41, 5.74) is 8.34. The number of hydrogen-bond donors (Lipinski definition) is 2. The lowest BCUT2D eigenvalue weighted by molar-refractivity contribution is 0.0162. The van der Waals surface area contributed by atoms with Crippen LogP contribution in [0.3, 0.4) is 0 Å². The van der Waals surface area contributed by atoms with E-state index >= 15 is 0 Å². The summed E-state index contributed by atoms with van der Waals surface area (Å²) in [4.78, 5) is 14.8. The number of nitrogens with two attached hydrogens (primary N) is 1. The van der Waals surface area contributed by atoms with Crippen molar-refractivity contribution in [2.75, 3.05) is 32.8 Å². The number of amides is 1. The maximum atomic E-state index is 12.5. The molecule has 1 unspecified atom stereocenters. The molecule has 5 nitrogen and oxygen atoms in total. The Kier molecular flexibility index (Phi) is 6.63. The Hall–Kier alpha value is -1.92. The highest BCUT2D eigenvalue weighted by atomic mass is 35.5. The Morgan fingerprint density at radius 1 is 1.19 bits per heavy atom. The third kappa shape index (κ3) is 4.83. The number of halogens is 1. The van der Waals surface area contributed by atoms with Crippen LogP contribution in [0.2, 0.25) is 5.02 Å². The summed E-state index contributed by atoms with van der Waals surface area (Å²) >= 11 is 6.17. The molecular weight excluding hydrogens is 350 g/mol. The average Bonchev–Trinajstić information content (AvgIpc) is 2.69. The van der Waals surface area contributed by atoms with Gasteiger partial charge in [-0.3, -0.25) is 9.69 Å². The summed E-state index contributed by atoms with van der Waals surface area (Å²) in [6.45, 7) is 4.04. The van der Waals surface area contributed by atoms with Gasteiger partial charge in [0.2, 0.25) is 0 Å². The Balaban J connectivity index is 1.71. The van der Waals surface area contributed by atoms with E-state index in [9.17, 15) is 4.79 Å². The number of benzene rings is 2. The van der Waals surface area contributed by atoms with Crippen LogP contribution in [0.25, 0.3) is 0 Å². The summed E-state index contributed by atoms with van der Waals surface area (Å²) < 4.78 is 5.46. The Morgan fingerprint density at radius 3 is 2.58 bits per heavy atom. The van der Waals surface area contributed by atoms with Crippen molar-refractivity contribution in [1.29, 1.82) is 0 Å². The summed E-state index contributed by atoms with van der Waals surface area (Å²) in [6.07, 6.45) is 0. The SMILES string of the molecule is NCc1ccc(C(=O)NCC(c2cccc(Cl)c2)N2CCOCC2)cc1. The van der Waals surface area contributed by atoms with E-state index in [1.807, 2.05) is 36.4 Å². The van der Waals surface area contributed by atoms with Gasteiger partial charge < -0.3 is 15.8 Å². The number of nitrogens with zero attached hydrogens (tertiary/aromatic N) is 1. The van der Waals surface area contributed by atoms with Crippen molar-refractivity contribution in [2.24, 2.45) is 5.73 Å². The molecule has 1 saturated heterocycles. The maximum absolute atomic E-state index is 12.5. The van der Waals surface area contributed by atoms with Crippen LogP contribution in [0.1, 0.15) is 27.5 Å². The highest BCUT2D eigenvalue weighted by molar-refractivity contribution is 6.30. The summed E-state index contributed by atoms with van der Waals surface area (Å²) in [6, 6.07) is 15.2. The molecular formula is C20H24ClN3O2. The monoisotopic (exact) mass is 373 g/mol. The molecule has 3 rings (SSSR count). The summed E-state index contributed by atoms with van der Waals surface area (Å²) in [7, 11) is 0. The van der Waals surface area contributed by atoms with Crippen LogP contribution in [0, 0.1) is 0 Å². The van der Waals surface area contributed by atoms with Gasteiger partial charge >= 0.3 is 0 Å². The quantitative estimate of drug-likeness (QED) is 0.816. The minimum absolute atomic E-state index is 0.0601. The summed E-state index contributed by atoms with van der Waals surface area (Å²) in [5.74, 6) is -0.0890. The number of rotatable bonds is 6. The average molecular weight is 374 g/mol. The fourth-order valence-corrected chi connectivity index (χ4v) is 3.34. The number of hydrogen-bond acceptors (Lipinski definition) is 4. The van der Waals surface area contributed by atoms with E-state index in [2.05, 4.69) is 10.2 Å². The first-order chi connectivity index (χ1) is 12.7. The van der Waals surface area contributed by atoms with Gasteiger partial charge in [-0.1, -0.05) is 35.9 Å². The van der Waals surface area contributed by atoms with Crippen LogP contribution in [0.15, 0.2) is 48.5 Å². The Morgan fingerprint density at radius 2 is 1.92 bits per heavy atom. The molecule has 6 heteroatoms. The molecule has 0 aliphatic carbocycles. The minimum atomic E-state index is -0.0890. The van der Waals surface area contributed by atoms with E-state index in [-0.39, 0.29) is 11.9 Å².